The Labute approximate surface area is 262 Å². The third-order valence-electron chi connectivity index (χ3n) is 9.26. The predicted molar refractivity (Wildman–Crippen MR) is 170 cm³/mol. The summed E-state index contributed by atoms with van der Waals surface area (Å²) in [6.07, 6.45) is 3.80. The molecule has 0 radical (unpaired) electrons. The van der Waals surface area contributed by atoms with E-state index in [4.69, 9.17) is 9.47 Å². The Hall–Kier alpha value is -2.57. The second-order valence-corrected chi connectivity index (χ2v) is 14.3. The molecule has 4 rings (SSSR count). The molecule has 1 saturated carbocycles. The van der Waals surface area contributed by atoms with Gasteiger partial charge in [0.25, 0.3) is 0 Å². The zero-order valence-electron chi connectivity index (χ0n) is 27.1. The third kappa shape index (κ3) is 8.17. The lowest BCUT2D eigenvalue weighted by Gasteiger charge is -2.37. The van der Waals surface area contributed by atoms with E-state index in [9.17, 15) is 17.6 Å². The second-order valence-electron chi connectivity index (χ2n) is 12.4. The van der Waals surface area contributed by atoms with Gasteiger partial charge < -0.3 is 19.7 Å². The Morgan fingerprint density at radius 3 is 2.25 bits per heavy atom. The van der Waals surface area contributed by atoms with Crippen LogP contribution < -0.4 is 10.1 Å². The standard InChI is InChI=1S/C33H49FN4O5S/c1-23-21-30(42-6)24(2)25(3)33(23)44(40,41)38-17-15-37(16-18-38)19-20-43-22-31(39)35-29-13-9-27(10-14-29)32(36(4)5)26-7-11-28(34)12-8-26/h7-8,11-12,21,27,29,32H,9-10,13-20,22H2,1-6H3,(H,35,39). The number of methoxy groups -OCH3 is 1. The zero-order chi connectivity index (χ0) is 32.0. The molecule has 1 saturated heterocycles. The van der Waals surface area contributed by atoms with Crippen molar-refractivity contribution < 1.29 is 27.1 Å². The average Bonchev–Trinajstić information content (AvgIpc) is 2.99. The van der Waals surface area contributed by atoms with E-state index in [0.29, 0.717) is 61.5 Å². The van der Waals surface area contributed by atoms with E-state index in [2.05, 4.69) is 29.2 Å². The van der Waals surface area contributed by atoms with Crippen molar-refractivity contribution in [2.45, 2.75) is 63.4 Å². The van der Waals surface area contributed by atoms with Crippen molar-refractivity contribution in [3.05, 3.63) is 58.4 Å². The molecule has 9 nitrogen and oxygen atoms in total. The zero-order valence-corrected chi connectivity index (χ0v) is 27.9. The van der Waals surface area contributed by atoms with Gasteiger partial charge in [-0.1, -0.05) is 12.1 Å². The molecule has 1 heterocycles. The first kappa shape index (κ1) is 34.3. The summed E-state index contributed by atoms with van der Waals surface area (Å²) in [7, 11) is 2.09. The van der Waals surface area contributed by atoms with Crippen LogP contribution in [0.15, 0.2) is 35.2 Å². The summed E-state index contributed by atoms with van der Waals surface area (Å²) in [6.45, 7) is 8.63. The summed E-state index contributed by atoms with van der Waals surface area (Å²) in [6, 6.07) is 8.94. The molecular formula is C33H49FN4O5S. The summed E-state index contributed by atoms with van der Waals surface area (Å²) in [5.74, 6) is 0.816. The Balaban J connectivity index is 1.16. The highest BCUT2D eigenvalue weighted by Crippen LogP contribution is 2.37. The fourth-order valence-corrected chi connectivity index (χ4v) is 8.72. The summed E-state index contributed by atoms with van der Waals surface area (Å²) >= 11 is 0. The van der Waals surface area contributed by atoms with Gasteiger partial charge in [0, 0.05) is 44.8 Å². The van der Waals surface area contributed by atoms with Crippen LogP contribution in [0, 0.1) is 32.5 Å². The molecule has 1 aliphatic heterocycles. The number of hydrogen-bond donors (Lipinski definition) is 1. The number of halogens is 1. The van der Waals surface area contributed by atoms with Crippen LogP contribution in [0.1, 0.15) is 54.0 Å². The lowest BCUT2D eigenvalue weighted by molar-refractivity contribution is -0.126. The summed E-state index contributed by atoms with van der Waals surface area (Å²) in [5, 5.41) is 3.13. The van der Waals surface area contributed by atoms with Crippen LogP contribution in [-0.2, 0) is 19.6 Å². The molecule has 2 aromatic rings. The normalized spacial score (nSPS) is 20.9. The van der Waals surface area contributed by atoms with Crippen LogP contribution in [0.3, 0.4) is 0 Å². The Bertz CT molecular complexity index is 1370. The highest BCUT2D eigenvalue weighted by atomic mass is 32.2. The van der Waals surface area contributed by atoms with Crippen LogP contribution in [0.2, 0.25) is 0 Å². The average molecular weight is 633 g/mol. The number of piperazine rings is 1. The number of carbonyl (C=O) groups excluding carboxylic acids is 1. The first-order valence-corrected chi connectivity index (χ1v) is 17.0. The molecule has 2 aliphatic rings. The first-order chi connectivity index (χ1) is 20.9. The van der Waals surface area contributed by atoms with Gasteiger partial charge in [-0.05, 0) is 107 Å². The molecule has 1 aliphatic carbocycles. The van der Waals surface area contributed by atoms with Gasteiger partial charge in [0.1, 0.15) is 18.2 Å². The fourth-order valence-electron chi connectivity index (χ4n) is 6.81. The maximum atomic E-state index is 13.5. The molecule has 0 bridgehead atoms. The minimum Gasteiger partial charge on any atom is -0.496 e. The van der Waals surface area contributed by atoms with Crippen molar-refractivity contribution in [1.82, 2.24) is 19.4 Å². The van der Waals surface area contributed by atoms with E-state index in [-0.39, 0.29) is 30.4 Å². The monoisotopic (exact) mass is 632 g/mol. The molecule has 0 aromatic heterocycles. The molecule has 1 atom stereocenters. The molecule has 1 amide bonds. The second kappa shape index (κ2) is 15.1. The van der Waals surface area contributed by atoms with E-state index in [0.717, 1.165) is 42.4 Å². The number of hydrogen-bond acceptors (Lipinski definition) is 7. The van der Waals surface area contributed by atoms with Gasteiger partial charge >= 0.3 is 0 Å². The number of sulfonamides is 1. The Morgan fingerprint density at radius 1 is 1.02 bits per heavy atom. The quantitative estimate of drug-likeness (QED) is 0.353. The van der Waals surface area contributed by atoms with Crippen molar-refractivity contribution in [2.24, 2.45) is 5.92 Å². The molecule has 1 N–H and O–H groups in total. The lowest BCUT2D eigenvalue weighted by atomic mass is 9.78. The minimum atomic E-state index is -3.62. The first-order valence-electron chi connectivity index (χ1n) is 15.6. The van der Waals surface area contributed by atoms with Gasteiger partial charge in [-0.2, -0.15) is 4.31 Å². The maximum Gasteiger partial charge on any atom is 0.246 e. The third-order valence-corrected chi connectivity index (χ3v) is 11.5. The number of nitrogens with zero attached hydrogens (tertiary/aromatic N) is 3. The van der Waals surface area contributed by atoms with Crippen molar-refractivity contribution in [1.29, 1.82) is 0 Å². The van der Waals surface area contributed by atoms with E-state index in [1.54, 1.807) is 17.5 Å². The van der Waals surface area contributed by atoms with Crippen LogP contribution in [-0.4, -0.2) is 102 Å². The maximum absolute atomic E-state index is 13.5. The Kier molecular flexibility index (Phi) is 11.8. The number of benzene rings is 2. The smallest absolute Gasteiger partial charge is 0.246 e. The molecule has 0 spiro atoms. The number of amides is 1. The van der Waals surface area contributed by atoms with Crippen molar-refractivity contribution in [2.75, 3.05) is 67.1 Å². The number of aryl methyl sites for hydroxylation is 1. The highest BCUT2D eigenvalue weighted by molar-refractivity contribution is 7.89. The van der Waals surface area contributed by atoms with E-state index in [1.165, 1.54) is 12.1 Å². The van der Waals surface area contributed by atoms with Crippen LogP contribution >= 0.6 is 0 Å². The largest absolute Gasteiger partial charge is 0.496 e. The van der Waals surface area contributed by atoms with Crippen molar-refractivity contribution >= 4 is 15.9 Å². The number of ether oxygens (including phenoxy) is 2. The SMILES string of the molecule is COc1cc(C)c(S(=O)(=O)N2CCN(CCOCC(=O)NC3CCC(C(c4ccc(F)cc4)N(C)C)CC3)CC2)c(C)c1C. The van der Waals surface area contributed by atoms with E-state index < -0.39 is 10.0 Å². The van der Waals surface area contributed by atoms with Crippen LogP contribution in [0.25, 0.3) is 0 Å². The van der Waals surface area contributed by atoms with Crippen LogP contribution in [0.4, 0.5) is 4.39 Å². The predicted octanol–water partition coefficient (Wildman–Crippen LogP) is 4.06. The van der Waals surface area contributed by atoms with Crippen molar-refractivity contribution in [3.63, 3.8) is 0 Å². The Morgan fingerprint density at radius 2 is 1.66 bits per heavy atom. The molecular weight excluding hydrogens is 583 g/mol. The van der Waals surface area contributed by atoms with Crippen LogP contribution in [0.5, 0.6) is 5.75 Å². The molecule has 11 heteroatoms. The summed E-state index contributed by atoms with van der Waals surface area (Å²) < 4.78 is 53.2. The van der Waals surface area contributed by atoms with Gasteiger partial charge in [-0.25, -0.2) is 12.8 Å². The topological polar surface area (TPSA) is 91.4 Å². The molecule has 44 heavy (non-hydrogen) atoms. The summed E-state index contributed by atoms with van der Waals surface area (Å²) in [4.78, 5) is 17.3. The fraction of sp³-hybridized carbons (Fsp3) is 0.606. The van der Waals surface area contributed by atoms with E-state index in [1.807, 2.05) is 32.9 Å². The molecule has 2 aromatic carbocycles. The van der Waals surface area contributed by atoms with E-state index >= 15 is 0 Å². The van der Waals surface area contributed by atoms with Gasteiger partial charge in [0.05, 0.1) is 18.6 Å². The van der Waals surface area contributed by atoms with Gasteiger partial charge in [0.2, 0.25) is 15.9 Å². The number of carbonyl (C=O) groups is 1. The molecule has 1 unspecified atom stereocenters. The molecule has 2 fully saturated rings. The van der Waals surface area contributed by atoms with Gasteiger partial charge in [0.15, 0.2) is 0 Å². The van der Waals surface area contributed by atoms with Crippen molar-refractivity contribution in [3.8, 4) is 5.75 Å². The number of nitrogens with one attached hydrogen (secondary N) is 1. The van der Waals surface area contributed by atoms with Gasteiger partial charge in [-0.3, -0.25) is 9.69 Å². The molecule has 244 valence electrons. The minimum absolute atomic E-state index is 0.0134. The highest BCUT2D eigenvalue weighted by Gasteiger charge is 2.33. The lowest BCUT2D eigenvalue weighted by Crippen LogP contribution is -2.49. The number of rotatable bonds is 12. The van der Waals surface area contributed by atoms with Gasteiger partial charge in [-0.15, -0.1) is 0 Å². The summed E-state index contributed by atoms with van der Waals surface area (Å²) in [5.41, 5.74) is 3.38.